The molecule has 2 N–H and O–H groups in total. The van der Waals surface area contributed by atoms with Crippen molar-refractivity contribution in [3.63, 3.8) is 0 Å². The van der Waals surface area contributed by atoms with Crippen LogP contribution in [0.3, 0.4) is 0 Å². The van der Waals surface area contributed by atoms with E-state index >= 15 is 0 Å². The van der Waals surface area contributed by atoms with Gasteiger partial charge < -0.3 is 15.2 Å². The molecule has 0 aromatic rings. The first-order valence-electron chi connectivity index (χ1n) is 5.01. The Morgan fingerprint density at radius 3 is 2.79 bits per heavy atom. The molecular weight excluding hydrogens is 184 g/mol. The second-order valence-corrected chi connectivity index (χ2v) is 3.38. The number of rotatable bonds is 6. The molecule has 1 aliphatic heterocycles. The van der Waals surface area contributed by atoms with Crippen molar-refractivity contribution < 1.29 is 14.6 Å². The number of hydrogen-bond acceptors (Lipinski definition) is 4. The molecule has 1 rings (SSSR count). The lowest BCUT2D eigenvalue weighted by Gasteiger charge is -2.26. The van der Waals surface area contributed by atoms with Crippen LogP contribution in [0.15, 0.2) is 0 Å². The molecule has 82 valence electrons. The van der Waals surface area contributed by atoms with Crippen LogP contribution >= 0.6 is 0 Å². The van der Waals surface area contributed by atoms with E-state index in [-0.39, 0.29) is 6.54 Å². The Bertz CT molecular complexity index is 169. The number of hydrogen-bond donors (Lipinski definition) is 2. The first kappa shape index (κ1) is 11.4. The summed E-state index contributed by atoms with van der Waals surface area (Å²) in [5, 5.41) is 11.2. The first-order valence-corrected chi connectivity index (χ1v) is 5.01. The van der Waals surface area contributed by atoms with Crippen LogP contribution in [0.1, 0.15) is 6.42 Å². The highest BCUT2D eigenvalue weighted by Crippen LogP contribution is 1.96. The number of carboxylic acids is 1. The number of carboxylic acid groups (broad SMARTS) is 1. The van der Waals surface area contributed by atoms with E-state index in [1.807, 2.05) is 0 Å². The molecule has 1 heterocycles. The standard InChI is InChI=1S/C9H18N2O3/c12-9(13)8-10-2-1-3-11-4-6-14-7-5-11/h10H,1-8H2,(H,12,13). The molecule has 0 radical (unpaired) electrons. The fraction of sp³-hybridized carbons (Fsp3) is 0.889. The van der Waals surface area contributed by atoms with Gasteiger partial charge in [0, 0.05) is 13.1 Å². The lowest BCUT2D eigenvalue weighted by Crippen LogP contribution is -2.38. The molecule has 0 aromatic heterocycles. The highest BCUT2D eigenvalue weighted by Gasteiger charge is 2.08. The van der Waals surface area contributed by atoms with Crippen LogP contribution in [0, 0.1) is 0 Å². The van der Waals surface area contributed by atoms with Crippen molar-refractivity contribution in [2.45, 2.75) is 6.42 Å². The summed E-state index contributed by atoms with van der Waals surface area (Å²) in [5.74, 6) is -0.795. The van der Waals surface area contributed by atoms with Gasteiger partial charge in [0.1, 0.15) is 0 Å². The molecule has 14 heavy (non-hydrogen) atoms. The van der Waals surface area contributed by atoms with Gasteiger partial charge in [-0.1, -0.05) is 0 Å². The zero-order chi connectivity index (χ0) is 10.2. The number of carbonyl (C=O) groups is 1. The van der Waals surface area contributed by atoms with E-state index in [9.17, 15) is 4.79 Å². The van der Waals surface area contributed by atoms with Crippen molar-refractivity contribution in [2.24, 2.45) is 0 Å². The molecule has 5 heteroatoms. The van der Waals surface area contributed by atoms with Gasteiger partial charge in [0.05, 0.1) is 19.8 Å². The quantitative estimate of drug-likeness (QED) is 0.562. The number of nitrogens with zero attached hydrogens (tertiary/aromatic N) is 1. The maximum Gasteiger partial charge on any atom is 0.317 e. The van der Waals surface area contributed by atoms with Crippen molar-refractivity contribution in [3.8, 4) is 0 Å². The van der Waals surface area contributed by atoms with Gasteiger partial charge in [-0.05, 0) is 19.5 Å². The molecule has 5 nitrogen and oxygen atoms in total. The number of morpholine rings is 1. The van der Waals surface area contributed by atoms with Crippen LogP contribution in [0.5, 0.6) is 0 Å². The van der Waals surface area contributed by atoms with Gasteiger partial charge in [-0.3, -0.25) is 9.69 Å². The zero-order valence-electron chi connectivity index (χ0n) is 8.37. The van der Waals surface area contributed by atoms with E-state index in [4.69, 9.17) is 9.84 Å². The second kappa shape index (κ2) is 6.75. The van der Waals surface area contributed by atoms with Crippen LogP contribution in [-0.2, 0) is 9.53 Å². The Morgan fingerprint density at radius 1 is 1.43 bits per heavy atom. The molecule has 1 fully saturated rings. The lowest BCUT2D eigenvalue weighted by molar-refractivity contribution is -0.135. The molecule has 0 spiro atoms. The van der Waals surface area contributed by atoms with E-state index < -0.39 is 5.97 Å². The van der Waals surface area contributed by atoms with Gasteiger partial charge in [0.2, 0.25) is 0 Å². The summed E-state index contributed by atoms with van der Waals surface area (Å²) in [5.41, 5.74) is 0. The number of aliphatic carboxylic acids is 1. The number of nitrogens with one attached hydrogen (secondary N) is 1. The third kappa shape index (κ3) is 5.16. The second-order valence-electron chi connectivity index (χ2n) is 3.38. The summed E-state index contributed by atoms with van der Waals surface area (Å²) in [6, 6.07) is 0. The Kier molecular flexibility index (Phi) is 5.51. The third-order valence-corrected chi connectivity index (χ3v) is 2.21. The maximum atomic E-state index is 10.2. The van der Waals surface area contributed by atoms with Gasteiger partial charge in [-0.2, -0.15) is 0 Å². The Labute approximate surface area is 84.0 Å². The molecular formula is C9H18N2O3. The van der Waals surface area contributed by atoms with Crippen molar-refractivity contribution in [1.29, 1.82) is 0 Å². The van der Waals surface area contributed by atoms with Crippen molar-refractivity contribution in [3.05, 3.63) is 0 Å². The molecule has 1 aliphatic rings. The van der Waals surface area contributed by atoms with E-state index in [0.29, 0.717) is 0 Å². The van der Waals surface area contributed by atoms with Gasteiger partial charge in [-0.25, -0.2) is 0 Å². The van der Waals surface area contributed by atoms with Crippen LogP contribution in [0.2, 0.25) is 0 Å². The van der Waals surface area contributed by atoms with E-state index in [0.717, 1.165) is 45.8 Å². The molecule has 0 saturated carbocycles. The minimum absolute atomic E-state index is 0.0586. The van der Waals surface area contributed by atoms with Gasteiger partial charge in [0.15, 0.2) is 0 Å². The van der Waals surface area contributed by atoms with Crippen LogP contribution < -0.4 is 5.32 Å². The van der Waals surface area contributed by atoms with Gasteiger partial charge in [0.25, 0.3) is 0 Å². The highest BCUT2D eigenvalue weighted by atomic mass is 16.5. The van der Waals surface area contributed by atoms with E-state index in [1.165, 1.54) is 0 Å². The molecule has 0 aliphatic carbocycles. The predicted molar refractivity (Wildman–Crippen MR) is 52.4 cm³/mol. The van der Waals surface area contributed by atoms with Crippen LogP contribution in [-0.4, -0.2) is 61.9 Å². The molecule has 0 atom stereocenters. The van der Waals surface area contributed by atoms with Gasteiger partial charge in [-0.15, -0.1) is 0 Å². The average molecular weight is 202 g/mol. The first-order chi connectivity index (χ1) is 6.79. The Morgan fingerprint density at radius 2 is 2.14 bits per heavy atom. The minimum atomic E-state index is -0.795. The monoisotopic (exact) mass is 202 g/mol. The summed E-state index contributed by atoms with van der Waals surface area (Å²) in [6.07, 6.45) is 0.993. The largest absolute Gasteiger partial charge is 0.480 e. The van der Waals surface area contributed by atoms with Gasteiger partial charge >= 0.3 is 5.97 Å². The smallest absolute Gasteiger partial charge is 0.317 e. The zero-order valence-corrected chi connectivity index (χ0v) is 8.37. The third-order valence-electron chi connectivity index (χ3n) is 2.21. The summed E-state index contributed by atoms with van der Waals surface area (Å²) in [7, 11) is 0. The fourth-order valence-electron chi connectivity index (χ4n) is 1.45. The summed E-state index contributed by atoms with van der Waals surface area (Å²) < 4.78 is 5.22. The summed E-state index contributed by atoms with van der Waals surface area (Å²) >= 11 is 0. The molecule has 0 bridgehead atoms. The topological polar surface area (TPSA) is 61.8 Å². The molecule has 0 unspecified atom stereocenters. The highest BCUT2D eigenvalue weighted by molar-refractivity contribution is 5.68. The van der Waals surface area contributed by atoms with Crippen molar-refractivity contribution in [2.75, 3.05) is 45.9 Å². The minimum Gasteiger partial charge on any atom is -0.480 e. The molecule has 1 saturated heterocycles. The van der Waals surface area contributed by atoms with Crippen LogP contribution in [0.4, 0.5) is 0 Å². The fourth-order valence-corrected chi connectivity index (χ4v) is 1.45. The maximum absolute atomic E-state index is 10.2. The van der Waals surface area contributed by atoms with Crippen molar-refractivity contribution in [1.82, 2.24) is 10.2 Å². The molecule has 0 amide bonds. The molecule has 0 aromatic carbocycles. The predicted octanol–water partition coefficient (Wildman–Crippen LogP) is -0.617. The SMILES string of the molecule is O=C(O)CNCCCN1CCOCC1. The normalized spacial score (nSPS) is 18.3. The summed E-state index contributed by atoms with van der Waals surface area (Å²) in [6.45, 7) is 5.49. The van der Waals surface area contributed by atoms with E-state index in [2.05, 4.69) is 10.2 Å². The summed E-state index contributed by atoms with van der Waals surface area (Å²) in [4.78, 5) is 12.5. The van der Waals surface area contributed by atoms with Crippen LogP contribution in [0.25, 0.3) is 0 Å². The Hall–Kier alpha value is -0.650. The number of ether oxygens (including phenoxy) is 1. The lowest BCUT2D eigenvalue weighted by atomic mass is 10.3. The van der Waals surface area contributed by atoms with Crippen molar-refractivity contribution >= 4 is 5.97 Å². The average Bonchev–Trinajstić information content (AvgIpc) is 2.18. The Balaban J connectivity index is 1.90. The van der Waals surface area contributed by atoms with E-state index in [1.54, 1.807) is 0 Å².